The molecule has 1 heterocycles. The van der Waals surface area contributed by atoms with Crippen molar-refractivity contribution in [1.29, 1.82) is 0 Å². The summed E-state index contributed by atoms with van der Waals surface area (Å²) in [6.07, 6.45) is 1.81. The number of nitrogens with zero attached hydrogens (tertiary/aromatic N) is 1. The van der Waals surface area contributed by atoms with Crippen molar-refractivity contribution in [2.75, 3.05) is 0 Å². The van der Waals surface area contributed by atoms with Crippen molar-refractivity contribution in [2.45, 2.75) is 39.5 Å². The first-order valence-corrected chi connectivity index (χ1v) is 6.92. The van der Waals surface area contributed by atoms with Crippen molar-refractivity contribution < 1.29 is 4.74 Å². The predicted octanol–water partition coefficient (Wildman–Crippen LogP) is 3.55. The second kappa shape index (κ2) is 6.53. The summed E-state index contributed by atoms with van der Waals surface area (Å²) >= 11 is 0. The topological polar surface area (TPSA) is 34.1 Å². The fraction of sp³-hybridized carbons (Fsp3) is 0.353. The Labute approximate surface area is 121 Å². The molecule has 0 aliphatic rings. The van der Waals surface area contributed by atoms with Gasteiger partial charge in [-0.2, -0.15) is 0 Å². The van der Waals surface area contributed by atoms with Crippen LogP contribution in [-0.4, -0.2) is 10.6 Å². The van der Waals surface area contributed by atoms with Crippen molar-refractivity contribution in [3.05, 3.63) is 59.9 Å². The highest BCUT2D eigenvalue weighted by molar-refractivity contribution is 5.33. The molecule has 0 atom stereocenters. The summed E-state index contributed by atoms with van der Waals surface area (Å²) in [5, 5.41) is 3.40. The molecular weight excluding hydrogens is 248 g/mol. The van der Waals surface area contributed by atoms with Gasteiger partial charge in [0.2, 0.25) is 0 Å². The molecule has 1 N–H and O–H groups in total. The van der Waals surface area contributed by atoms with Crippen LogP contribution in [0.2, 0.25) is 0 Å². The van der Waals surface area contributed by atoms with Crippen molar-refractivity contribution in [2.24, 2.45) is 0 Å². The second-order valence-corrected chi connectivity index (χ2v) is 5.75. The fourth-order valence-corrected chi connectivity index (χ4v) is 1.91. The summed E-state index contributed by atoms with van der Waals surface area (Å²) in [6, 6.07) is 14.1. The van der Waals surface area contributed by atoms with Crippen LogP contribution in [0.15, 0.2) is 48.7 Å². The van der Waals surface area contributed by atoms with Gasteiger partial charge < -0.3 is 10.1 Å². The van der Waals surface area contributed by atoms with E-state index in [-0.39, 0.29) is 5.60 Å². The molecule has 0 aliphatic heterocycles. The van der Waals surface area contributed by atoms with Crippen LogP contribution >= 0.6 is 0 Å². The van der Waals surface area contributed by atoms with Crippen LogP contribution in [0.1, 0.15) is 32.0 Å². The Morgan fingerprint density at radius 3 is 2.45 bits per heavy atom. The Morgan fingerprint density at radius 2 is 1.75 bits per heavy atom. The van der Waals surface area contributed by atoms with Gasteiger partial charge in [0.05, 0.1) is 5.69 Å². The van der Waals surface area contributed by atoms with Gasteiger partial charge in [0.25, 0.3) is 0 Å². The van der Waals surface area contributed by atoms with E-state index in [1.807, 2.05) is 42.6 Å². The minimum atomic E-state index is -0.183. The summed E-state index contributed by atoms with van der Waals surface area (Å²) in [6.45, 7) is 7.70. The molecule has 0 fully saturated rings. The molecule has 0 aliphatic carbocycles. The van der Waals surface area contributed by atoms with Crippen LogP contribution < -0.4 is 10.1 Å². The third-order valence-corrected chi connectivity index (χ3v) is 2.74. The van der Waals surface area contributed by atoms with Crippen LogP contribution in [0.5, 0.6) is 5.75 Å². The van der Waals surface area contributed by atoms with E-state index in [1.165, 1.54) is 5.56 Å². The van der Waals surface area contributed by atoms with E-state index in [1.54, 1.807) is 0 Å². The third kappa shape index (κ3) is 4.67. The van der Waals surface area contributed by atoms with Crippen LogP contribution in [0.4, 0.5) is 0 Å². The zero-order chi connectivity index (χ0) is 14.4. The van der Waals surface area contributed by atoms with Crippen LogP contribution in [-0.2, 0) is 13.1 Å². The number of nitrogens with one attached hydrogen (secondary N) is 1. The monoisotopic (exact) mass is 270 g/mol. The first-order chi connectivity index (χ1) is 9.54. The van der Waals surface area contributed by atoms with Gasteiger partial charge >= 0.3 is 0 Å². The van der Waals surface area contributed by atoms with E-state index >= 15 is 0 Å². The van der Waals surface area contributed by atoms with Gasteiger partial charge in [-0.1, -0.05) is 24.3 Å². The SMILES string of the molecule is CC(C)(C)Oc1ccccc1CNCc1ccccn1. The molecule has 0 radical (unpaired) electrons. The lowest BCUT2D eigenvalue weighted by atomic mass is 10.1. The second-order valence-electron chi connectivity index (χ2n) is 5.75. The lowest BCUT2D eigenvalue weighted by Crippen LogP contribution is -2.24. The summed E-state index contributed by atoms with van der Waals surface area (Å²) in [5.74, 6) is 0.938. The summed E-state index contributed by atoms with van der Waals surface area (Å²) < 4.78 is 5.98. The lowest BCUT2D eigenvalue weighted by molar-refractivity contribution is 0.129. The Hall–Kier alpha value is -1.87. The standard InChI is InChI=1S/C17H22N2O/c1-17(2,3)20-16-10-5-4-8-14(16)12-18-13-15-9-6-7-11-19-15/h4-11,18H,12-13H2,1-3H3. The first kappa shape index (κ1) is 14.5. The number of rotatable bonds is 5. The molecule has 0 saturated heterocycles. The van der Waals surface area contributed by atoms with Gasteiger partial charge in [-0.25, -0.2) is 0 Å². The van der Waals surface area contributed by atoms with Crippen LogP contribution in [0.25, 0.3) is 0 Å². The number of para-hydroxylation sites is 1. The molecule has 2 aromatic rings. The van der Waals surface area contributed by atoms with E-state index in [4.69, 9.17) is 4.74 Å². The maximum Gasteiger partial charge on any atom is 0.124 e. The zero-order valence-electron chi connectivity index (χ0n) is 12.4. The lowest BCUT2D eigenvalue weighted by Gasteiger charge is -2.23. The quantitative estimate of drug-likeness (QED) is 0.902. The molecule has 3 nitrogen and oxygen atoms in total. The van der Waals surface area contributed by atoms with E-state index in [2.05, 4.69) is 37.1 Å². The highest BCUT2D eigenvalue weighted by atomic mass is 16.5. The third-order valence-electron chi connectivity index (χ3n) is 2.74. The van der Waals surface area contributed by atoms with Crippen LogP contribution in [0.3, 0.4) is 0 Å². The number of pyridine rings is 1. The molecular formula is C17H22N2O. The Morgan fingerprint density at radius 1 is 1.00 bits per heavy atom. The molecule has 2 rings (SSSR count). The average molecular weight is 270 g/mol. The number of aromatic nitrogens is 1. The minimum absolute atomic E-state index is 0.183. The molecule has 0 bridgehead atoms. The number of ether oxygens (including phenoxy) is 1. The van der Waals surface area contributed by atoms with Gasteiger partial charge in [-0.05, 0) is 39.0 Å². The minimum Gasteiger partial charge on any atom is -0.488 e. The van der Waals surface area contributed by atoms with Gasteiger partial charge in [0, 0.05) is 24.8 Å². The highest BCUT2D eigenvalue weighted by Crippen LogP contribution is 2.22. The maximum atomic E-state index is 5.98. The maximum absolute atomic E-state index is 5.98. The Balaban J connectivity index is 1.96. The summed E-state index contributed by atoms with van der Waals surface area (Å²) in [7, 11) is 0. The smallest absolute Gasteiger partial charge is 0.124 e. The molecule has 20 heavy (non-hydrogen) atoms. The Bertz CT molecular complexity index is 532. The molecule has 106 valence electrons. The molecule has 1 aromatic heterocycles. The Kier molecular flexibility index (Phi) is 4.74. The predicted molar refractivity (Wildman–Crippen MR) is 81.6 cm³/mol. The summed E-state index contributed by atoms with van der Waals surface area (Å²) in [4.78, 5) is 4.30. The van der Waals surface area contributed by atoms with Crippen molar-refractivity contribution >= 4 is 0 Å². The molecule has 0 unspecified atom stereocenters. The normalized spacial score (nSPS) is 11.3. The van der Waals surface area contributed by atoms with Gasteiger partial charge in [0.1, 0.15) is 11.4 Å². The van der Waals surface area contributed by atoms with E-state index in [9.17, 15) is 0 Å². The molecule has 0 amide bonds. The highest BCUT2D eigenvalue weighted by Gasteiger charge is 2.13. The summed E-state index contributed by atoms with van der Waals surface area (Å²) in [5.41, 5.74) is 2.02. The van der Waals surface area contributed by atoms with E-state index in [0.29, 0.717) is 0 Å². The first-order valence-electron chi connectivity index (χ1n) is 6.92. The molecule has 0 saturated carbocycles. The largest absolute Gasteiger partial charge is 0.488 e. The molecule has 1 aromatic carbocycles. The molecule has 3 heteroatoms. The van der Waals surface area contributed by atoms with Gasteiger partial charge in [-0.15, -0.1) is 0 Å². The number of hydrogen-bond acceptors (Lipinski definition) is 3. The van der Waals surface area contributed by atoms with Gasteiger partial charge in [0.15, 0.2) is 0 Å². The van der Waals surface area contributed by atoms with Crippen molar-refractivity contribution in [3.63, 3.8) is 0 Å². The fourth-order valence-electron chi connectivity index (χ4n) is 1.91. The van der Waals surface area contributed by atoms with E-state index < -0.39 is 0 Å². The van der Waals surface area contributed by atoms with Crippen LogP contribution in [0, 0.1) is 0 Å². The number of hydrogen-bond donors (Lipinski definition) is 1. The van der Waals surface area contributed by atoms with E-state index in [0.717, 1.165) is 24.5 Å². The van der Waals surface area contributed by atoms with Crippen molar-refractivity contribution in [1.82, 2.24) is 10.3 Å². The van der Waals surface area contributed by atoms with Crippen molar-refractivity contribution in [3.8, 4) is 5.75 Å². The number of benzene rings is 1. The zero-order valence-corrected chi connectivity index (χ0v) is 12.4. The average Bonchev–Trinajstić information content (AvgIpc) is 2.40. The molecule has 0 spiro atoms. The van der Waals surface area contributed by atoms with Gasteiger partial charge in [-0.3, -0.25) is 4.98 Å².